The zero-order valence-corrected chi connectivity index (χ0v) is 13.2. The molecule has 0 radical (unpaired) electrons. The highest BCUT2D eigenvalue weighted by Gasteiger charge is 2.18. The minimum absolute atomic E-state index is 0.0167. The molecule has 0 unspecified atom stereocenters. The van der Waals surface area contributed by atoms with E-state index in [9.17, 15) is 13.2 Å². The lowest BCUT2D eigenvalue weighted by Gasteiger charge is -2.07. The number of carboxylic acid groups (broad SMARTS) is 1. The number of aromatic carboxylic acids is 1. The van der Waals surface area contributed by atoms with Crippen LogP contribution in [0.4, 0.5) is 0 Å². The summed E-state index contributed by atoms with van der Waals surface area (Å²) < 4.78 is 26.6. The molecule has 2 rings (SSSR count). The summed E-state index contributed by atoms with van der Waals surface area (Å²) in [7, 11) is -3.83. The van der Waals surface area contributed by atoms with Crippen molar-refractivity contribution in [2.24, 2.45) is 0 Å². The van der Waals surface area contributed by atoms with Gasteiger partial charge < -0.3 is 5.11 Å². The zero-order valence-electron chi connectivity index (χ0n) is 10.8. The Morgan fingerprint density at radius 2 is 2.19 bits per heavy atom. The molecule has 0 saturated heterocycles. The van der Waals surface area contributed by atoms with Crippen molar-refractivity contribution in [3.05, 3.63) is 44.9 Å². The van der Waals surface area contributed by atoms with Crippen LogP contribution in [0.25, 0.3) is 0 Å². The first-order valence-corrected chi connectivity index (χ1v) is 8.47. The first-order chi connectivity index (χ1) is 9.79. The van der Waals surface area contributed by atoms with E-state index in [0.717, 1.165) is 11.8 Å². The van der Waals surface area contributed by atoms with Crippen molar-refractivity contribution in [1.82, 2.24) is 9.71 Å². The Hall–Kier alpha value is -1.48. The molecule has 1 aromatic carbocycles. The van der Waals surface area contributed by atoms with Crippen LogP contribution in [-0.2, 0) is 16.6 Å². The van der Waals surface area contributed by atoms with Crippen LogP contribution < -0.4 is 4.72 Å². The van der Waals surface area contributed by atoms with Crippen LogP contribution in [0, 0.1) is 6.92 Å². The molecule has 6 nitrogen and oxygen atoms in total. The van der Waals surface area contributed by atoms with Crippen molar-refractivity contribution >= 4 is 38.9 Å². The van der Waals surface area contributed by atoms with Crippen LogP contribution in [0.1, 0.15) is 21.1 Å². The van der Waals surface area contributed by atoms with Gasteiger partial charge in [-0.25, -0.2) is 22.9 Å². The highest BCUT2D eigenvalue weighted by Crippen LogP contribution is 2.21. The lowest BCUT2D eigenvalue weighted by molar-refractivity contribution is 0.0697. The summed E-state index contributed by atoms with van der Waals surface area (Å²) in [6.07, 6.45) is 0. The second kappa shape index (κ2) is 6.10. The van der Waals surface area contributed by atoms with Gasteiger partial charge in [-0.05, 0) is 25.1 Å². The first kappa shape index (κ1) is 15.9. The van der Waals surface area contributed by atoms with Gasteiger partial charge in [0.05, 0.1) is 22.0 Å². The number of hydrogen-bond acceptors (Lipinski definition) is 5. The van der Waals surface area contributed by atoms with E-state index < -0.39 is 16.0 Å². The number of halogens is 1. The summed E-state index contributed by atoms with van der Waals surface area (Å²) in [4.78, 5) is 15.0. The number of carboxylic acids is 1. The third kappa shape index (κ3) is 3.79. The first-order valence-electron chi connectivity index (χ1n) is 5.73. The molecule has 112 valence electrons. The molecule has 0 aliphatic rings. The third-order valence-corrected chi connectivity index (χ3v) is 5.25. The Morgan fingerprint density at radius 1 is 1.48 bits per heavy atom. The summed E-state index contributed by atoms with van der Waals surface area (Å²) in [5.41, 5.74) is 0.554. The van der Waals surface area contributed by atoms with Gasteiger partial charge in [0.15, 0.2) is 0 Å². The van der Waals surface area contributed by atoms with Crippen LogP contribution in [0.15, 0.2) is 28.5 Å². The third-order valence-electron chi connectivity index (χ3n) is 2.56. The lowest BCUT2D eigenvalue weighted by atomic mass is 10.2. The number of nitrogens with one attached hydrogen (secondary N) is 1. The van der Waals surface area contributed by atoms with Gasteiger partial charge >= 0.3 is 5.97 Å². The average molecular weight is 347 g/mol. The number of carbonyl (C=O) groups is 1. The van der Waals surface area contributed by atoms with E-state index in [4.69, 9.17) is 16.7 Å². The topological polar surface area (TPSA) is 96.4 Å². The van der Waals surface area contributed by atoms with Crippen LogP contribution in [0.3, 0.4) is 0 Å². The summed E-state index contributed by atoms with van der Waals surface area (Å²) in [6.45, 7) is 1.86. The molecular formula is C12H11ClN2O4S2. The summed E-state index contributed by atoms with van der Waals surface area (Å²) >= 11 is 7.06. The number of rotatable bonds is 5. The number of thiazole rings is 1. The van der Waals surface area contributed by atoms with Gasteiger partial charge in [0.1, 0.15) is 5.01 Å². The molecule has 1 aromatic heterocycles. The zero-order chi connectivity index (χ0) is 15.6. The Morgan fingerprint density at radius 3 is 2.76 bits per heavy atom. The molecule has 9 heteroatoms. The summed E-state index contributed by atoms with van der Waals surface area (Å²) in [5.74, 6) is -1.28. The molecule has 0 aliphatic heterocycles. The molecule has 1 heterocycles. The van der Waals surface area contributed by atoms with Crippen molar-refractivity contribution < 1.29 is 18.3 Å². The van der Waals surface area contributed by atoms with Crippen molar-refractivity contribution in [2.45, 2.75) is 18.4 Å². The van der Waals surface area contributed by atoms with Crippen molar-refractivity contribution in [3.63, 3.8) is 0 Å². The van der Waals surface area contributed by atoms with Crippen LogP contribution in [-0.4, -0.2) is 24.5 Å². The van der Waals surface area contributed by atoms with Gasteiger partial charge in [0.25, 0.3) is 0 Å². The average Bonchev–Trinajstić information content (AvgIpc) is 2.82. The van der Waals surface area contributed by atoms with Crippen molar-refractivity contribution in [3.8, 4) is 0 Å². The summed E-state index contributed by atoms with van der Waals surface area (Å²) in [6, 6.07) is 3.53. The number of aryl methyl sites for hydroxylation is 1. The van der Waals surface area contributed by atoms with Crippen LogP contribution in [0.2, 0.25) is 5.02 Å². The molecule has 0 saturated carbocycles. The predicted molar refractivity (Wildman–Crippen MR) is 79.3 cm³/mol. The SMILES string of the molecule is Cc1csc(CNS(=O)(=O)c2ccc(Cl)c(C(=O)O)c2)n1. The Balaban J connectivity index is 2.23. The predicted octanol–water partition coefficient (Wildman–Crippen LogP) is 2.28. The van der Waals surface area contributed by atoms with E-state index in [1.165, 1.54) is 23.5 Å². The number of benzene rings is 1. The quantitative estimate of drug-likeness (QED) is 0.865. The van der Waals surface area contributed by atoms with E-state index in [-0.39, 0.29) is 22.0 Å². The molecule has 0 aliphatic carbocycles. The number of sulfonamides is 1. The minimum atomic E-state index is -3.83. The smallest absolute Gasteiger partial charge is 0.337 e. The van der Waals surface area contributed by atoms with Gasteiger partial charge in [0.2, 0.25) is 10.0 Å². The largest absolute Gasteiger partial charge is 0.478 e. The van der Waals surface area contributed by atoms with Gasteiger partial charge in [-0.1, -0.05) is 11.6 Å². The molecule has 0 spiro atoms. The maximum Gasteiger partial charge on any atom is 0.337 e. The number of nitrogens with zero attached hydrogens (tertiary/aromatic N) is 1. The second-order valence-corrected chi connectivity index (χ2v) is 7.27. The Kier molecular flexibility index (Phi) is 4.62. The Labute approximate surface area is 130 Å². The molecule has 0 fully saturated rings. The molecule has 2 aromatic rings. The van der Waals surface area contributed by atoms with Crippen molar-refractivity contribution in [1.29, 1.82) is 0 Å². The standard InChI is InChI=1S/C12H11ClN2O4S2/c1-7-6-20-11(15-7)5-14-21(18,19)8-2-3-10(13)9(4-8)12(16)17/h2-4,6,14H,5H2,1H3,(H,16,17). The lowest BCUT2D eigenvalue weighted by Crippen LogP contribution is -2.23. The fraction of sp³-hybridized carbons (Fsp3) is 0.167. The van der Waals surface area contributed by atoms with Gasteiger partial charge in [0, 0.05) is 11.1 Å². The summed E-state index contributed by atoms with van der Waals surface area (Å²) in [5, 5.41) is 11.4. The number of hydrogen-bond donors (Lipinski definition) is 2. The molecule has 0 bridgehead atoms. The highest BCUT2D eigenvalue weighted by molar-refractivity contribution is 7.89. The van der Waals surface area contributed by atoms with E-state index in [2.05, 4.69) is 9.71 Å². The Bertz CT molecular complexity index is 786. The second-order valence-electron chi connectivity index (χ2n) is 4.15. The molecule has 21 heavy (non-hydrogen) atoms. The molecule has 0 atom stereocenters. The monoisotopic (exact) mass is 346 g/mol. The van der Waals surface area contributed by atoms with Gasteiger partial charge in [-0.15, -0.1) is 11.3 Å². The van der Waals surface area contributed by atoms with E-state index in [1.807, 2.05) is 12.3 Å². The van der Waals surface area contributed by atoms with Crippen molar-refractivity contribution in [2.75, 3.05) is 0 Å². The van der Waals surface area contributed by atoms with E-state index in [1.54, 1.807) is 0 Å². The fourth-order valence-corrected chi connectivity index (χ4v) is 3.57. The van der Waals surface area contributed by atoms with Crippen LogP contribution in [0.5, 0.6) is 0 Å². The maximum atomic E-state index is 12.1. The van der Waals surface area contributed by atoms with E-state index in [0.29, 0.717) is 5.01 Å². The highest BCUT2D eigenvalue weighted by atomic mass is 35.5. The van der Waals surface area contributed by atoms with Gasteiger partial charge in [-0.2, -0.15) is 0 Å². The minimum Gasteiger partial charge on any atom is -0.478 e. The molecule has 2 N–H and O–H groups in total. The fourth-order valence-electron chi connectivity index (χ4n) is 1.56. The molecule has 0 amide bonds. The molecular weight excluding hydrogens is 336 g/mol. The number of aromatic nitrogens is 1. The van der Waals surface area contributed by atoms with E-state index >= 15 is 0 Å². The van der Waals surface area contributed by atoms with Crippen LogP contribution >= 0.6 is 22.9 Å². The maximum absolute atomic E-state index is 12.1. The van der Waals surface area contributed by atoms with Gasteiger partial charge in [-0.3, -0.25) is 0 Å². The normalized spacial score (nSPS) is 11.5.